The molecule has 0 saturated carbocycles. The minimum atomic E-state index is -0.213. The molecule has 3 heterocycles. The molecule has 8 heteroatoms. The molecule has 8 nitrogen and oxygen atoms in total. The predicted molar refractivity (Wildman–Crippen MR) is 116 cm³/mol. The molecule has 0 spiro atoms. The van der Waals surface area contributed by atoms with Gasteiger partial charge < -0.3 is 24.9 Å². The van der Waals surface area contributed by atoms with Crippen molar-refractivity contribution in [3.8, 4) is 0 Å². The Labute approximate surface area is 172 Å². The van der Waals surface area contributed by atoms with Crippen molar-refractivity contribution in [2.75, 3.05) is 81.6 Å². The smallest absolute Gasteiger partial charge is 0.274 e. The van der Waals surface area contributed by atoms with Gasteiger partial charge in [-0.1, -0.05) is 0 Å². The number of nitrogens with one attached hydrogen (secondary N) is 1. The molecule has 1 N–H and O–H groups in total. The maximum Gasteiger partial charge on any atom is 0.274 e. The summed E-state index contributed by atoms with van der Waals surface area (Å²) in [6.07, 6.45) is 1.47. The van der Waals surface area contributed by atoms with Crippen molar-refractivity contribution in [2.45, 2.75) is 0 Å². The van der Waals surface area contributed by atoms with Crippen LogP contribution in [-0.2, 0) is 0 Å². The number of carbonyl (C=O) groups excluding carboxylic acids is 1. The zero-order chi connectivity index (χ0) is 20.2. The number of hydrogen-bond donors (Lipinski definition) is 1. The summed E-state index contributed by atoms with van der Waals surface area (Å²) in [5, 5.41) is 2.95. The first-order valence-electron chi connectivity index (χ1n) is 10.2. The van der Waals surface area contributed by atoms with Crippen molar-refractivity contribution in [3.63, 3.8) is 0 Å². The molecule has 1 aromatic heterocycles. The molecule has 154 valence electrons. The van der Waals surface area contributed by atoms with E-state index in [1.807, 2.05) is 12.1 Å². The molecule has 2 saturated heterocycles. The van der Waals surface area contributed by atoms with Crippen molar-refractivity contribution in [1.29, 1.82) is 0 Å². The first-order valence-corrected chi connectivity index (χ1v) is 10.2. The minimum absolute atomic E-state index is 0.213. The molecule has 0 unspecified atom stereocenters. The average molecular weight is 396 g/mol. The number of anilines is 3. The van der Waals surface area contributed by atoms with E-state index < -0.39 is 0 Å². The van der Waals surface area contributed by atoms with Crippen LogP contribution in [0.15, 0.2) is 36.7 Å². The fourth-order valence-electron chi connectivity index (χ4n) is 3.70. The second-order valence-corrected chi connectivity index (χ2v) is 7.84. The second-order valence-electron chi connectivity index (χ2n) is 7.84. The van der Waals surface area contributed by atoms with Gasteiger partial charge in [0.2, 0.25) is 0 Å². The standard InChI is InChI=1S/C21H29N7O/c1-25-7-11-27(12-8-25)18-5-3-17(4-6-18)24-21(29)19-15-20(23-16-22-19)28-13-9-26(2)10-14-28/h3-6,15-16H,7-14H2,1-2H3,(H,24,29). The zero-order valence-corrected chi connectivity index (χ0v) is 17.2. The highest BCUT2D eigenvalue weighted by Crippen LogP contribution is 2.20. The summed E-state index contributed by atoms with van der Waals surface area (Å²) in [5.74, 6) is 0.596. The van der Waals surface area contributed by atoms with Crippen LogP contribution in [0.25, 0.3) is 0 Å². The van der Waals surface area contributed by atoms with Crippen LogP contribution < -0.4 is 15.1 Å². The SMILES string of the molecule is CN1CCN(c2ccc(NC(=O)c3cc(N4CCN(C)CC4)ncn3)cc2)CC1. The third kappa shape index (κ3) is 4.83. The summed E-state index contributed by atoms with van der Waals surface area (Å²) in [7, 11) is 4.27. The van der Waals surface area contributed by atoms with Crippen LogP contribution in [0.1, 0.15) is 10.5 Å². The van der Waals surface area contributed by atoms with E-state index in [2.05, 4.69) is 61.1 Å². The van der Waals surface area contributed by atoms with Crippen LogP contribution in [-0.4, -0.2) is 92.1 Å². The van der Waals surface area contributed by atoms with Crippen LogP contribution in [0, 0.1) is 0 Å². The van der Waals surface area contributed by atoms with Gasteiger partial charge in [-0.3, -0.25) is 4.79 Å². The van der Waals surface area contributed by atoms with Crippen LogP contribution >= 0.6 is 0 Å². The van der Waals surface area contributed by atoms with E-state index in [-0.39, 0.29) is 5.91 Å². The van der Waals surface area contributed by atoms with Gasteiger partial charge in [0.1, 0.15) is 17.8 Å². The maximum atomic E-state index is 12.7. The zero-order valence-electron chi connectivity index (χ0n) is 17.2. The topological polar surface area (TPSA) is 67.8 Å². The van der Waals surface area contributed by atoms with Gasteiger partial charge in [-0.25, -0.2) is 9.97 Å². The highest BCUT2D eigenvalue weighted by atomic mass is 16.1. The van der Waals surface area contributed by atoms with Crippen molar-refractivity contribution in [3.05, 3.63) is 42.4 Å². The Morgan fingerprint density at radius 3 is 2.03 bits per heavy atom. The summed E-state index contributed by atoms with van der Waals surface area (Å²) >= 11 is 0. The first-order chi connectivity index (χ1) is 14.1. The Hall–Kier alpha value is -2.71. The van der Waals surface area contributed by atoms with Crippen molar-refractivity contribution >= 4 is 23.1 Å². The number of likely N-dealkylation sites (N-methyl/N-ethyl adjacent to an activating group) is 2. The molecule has 2 aliphatic heterocycles. The fraction of sp³-hybridized carbons (Fsp3) is 0.476. The van der Waals surface area contributed by atoms with Gasteiger partial charge in [-0.2, -0.15) is 0 Å². The third-order valence-corrected chi connectivity index (χ3v) is 5.71. The van der Waals surface area contributed by atoms with Gasteiger partial charge in [-0.05, 0) is 38.4 Å². The summed E-state index contributed by atoms with van der Waals surface area (Å²) in [6.45, 7) is 7.99. The second kappa shape index (κ2) is 8.75. The number of carbonyl (C=O) groups is 1. The number of aromatic nitrogens is 2. The molecule has 1 amide bonds. The van der Waals surface area contributed by atoms with E-state index in [4.69, 9.17) is 0 Å². The number of rotatable bonds is 4. The van der Waals surface area contributed by atoms with Crippen LogP contribution in [0.2, 0.25) is 0 Å². The average Bonchev–Trinajstić information content (AvgIpc) is 2.75. The summed E-state index contributed by atoms with van der Waals surface area (Å²) < 4.78 is 0. The van der Waals surface area contributed by atoms with E-state index >= 15 is 0 Å². The number of nitrogens with zero attached hydrogens (tertiary/aromatic N) is 6. The molecule has 2 fully saturated rings. The van der Waals surface area contributed by atoms with Gasteiger partial charge in [0, 0.05) is 69.8 Å². The quantitative estimate of drug-likeness (QED) is 0.835. The Morgan fingerprint density at radius 1 is 0.828 bits per heavy atom. The van der Waals surface area contributed by atoms with Crippen molar-refractivity contribution in [1.82, 2.24) is 19.8 Å². The Bertz CT molecular complexity index is 825. The molecule has 0 bridgehead atoms. The minimum Gasteiger partial charge on any atom is -0.369 e. The normalized spacial score (nSPS) is 18.7. The lowest BCUT2D eigenvalue weighted by molar-refractivity contribution is 0.102. The number of amides is 1. The maximum absolute atomic E-state index is 12.7. The van der Waals surface area contributed by atoms with Gasteiger partial charge in [0.15, 0.2) is 0 Å². The molecule has 4 rings (SSSR count). The molecule has 0 radical (unpaired) electrons. The summed E-state index contributed by atoms with van der Waals surface area (Å²) in [6, 6.07) is 9.81. The van der Waals surface area contributed by atoms with E-state index in [1.54, 1.807) is 6.07 Å². The van der Waals surface area contributed by atoms with Crippen molar-refractivity contribution < 1.29 is 4.79 Å². The lowest BCUT2D eigenvalue weighted by Crippen LogP contribution is -2.44. The molecular formula is C21H29N7O. The highest BCUT2D eigenvalue weighted by Gasteiger charge is 2.18. The Balaban J connectivity index is 1.38. The van der Waals surface area contributed by atoms with Gasteiger partial charge in [0.05, 0.1) is 0 Å². The monoisotopic (exact) mass is 395 g/mol. The van der Waals surface area contributed by atoms with E-state index in [9.17, 15) is 4.79 Å². The fourth-order valence-corrected chi connectivity index (χ4v) is 3.70. The number of piperazine rings is 2. The Kier molecular flexibility index (Phi) is 5.92. The number of hydrogen-bond acceptors (Lipinski definition) is 7. The largest absolute Gasteiger partial charge is 0.369 e. The highest BCUT2D eigenvalue weighted by molar-refractivity contribution is 6.03. The molecule has 2 aliphatic rings. The predicted octanol–water partition coefficient (Wildman–Crippen LogP) is 1.23. The van der Waals surface area contributed by atoms with E-state index in [1.165, 1.54) is 12.0 Å². The third-order valence-electron chi connectivity index (χ3n) is 5.71. The van der Waals surface area contributed by atoms with Gasteiger partial charge >= 0.3 is 0 Å². The molecule has 1 aromatic carbocycles. The lowest BCUT2D eigenvalue weighted by atomic mass is 10.2. The first kappa shape index (κ1) is 19.6. The van der Waals surface area contributed by atoms with Crippen molar-refractivity contribution in [2.24, 2.45) is 0 Å². The van der Waals surface area contributed by atoms with Gasteiger partial charge in [0.25, 0.3) is 5.91 Å². The molecule has 2 aromatic rings. The van der Waals surface area contributed by atoms with Crippen LogP contribution in [0.3, 0.4) is 0 Å². The number of benzene rings is 1. The van der Waals surface area contributed by atoms with E-state index in [0.717, 1.165) is 63.9 Å². The molecule has 0 atom stereocenters. The van der Waals surface area contributed by atoms with Crippen LogP contribution in [0.4, 0.5) is 17.2 Å². The molecule has 29 heavy (non-hydrogen) atoms. The summed E-state index contributed by atoms with van der Waals surface area (Å²) in [4.78, 5) is 30.4. The van der Waals surface area contributed by atoms with E-state index in [0.29, 0.717) is 5.69 Å². The Morgan fingerprint density at radius 2 is 1.41 bits per heavy atom. The molecular weight excluding hydrogens is 366 g/mol. The van der Waals surface area contributed by atoms with Gasteiger partial charge in [-0.15, -0.1) is 0 Å². The lowest BCUT2D eigenvalue weighted by Gasteiger charge is -2.34. The molecule has 0 aliphatic carbocycles. The summed E-state index contributed by atoms with van der Waals surface area (Å²) in [5.41, 5.74) is 2.35. The van der Waals surface area contributed by atoms with Crippen LogP contribution in [0.5, 0.6) is 0 Å².